The van der Waals surface area contributed by atoms with E-state index in [0.29, 0.717) is 23.1 Å². The summed E-state index contributed by atoms with van der Waals surface area (Å²) in [7, 11) is 0. The van der Waals surface area contributed by atoms with Gasteiger partial charge in [-0.25, -0.2) is 0 Å². The first-order chi connectivity index (χ1) is 18.0. The van der Waals surface area contributed by atoms with Crippen molar-refractivity contribution in [3.63, 3.8) is 0 Å². The Morgan fingerprint density at radius 1 is 0.892 bits per heavy atom. The molecule has 1 aliphatic carbocycles. The Kier molecular flexibility index (Phi) is 12.2. The Hall–Kier alpha value is -2.60. The number of hydrogen-bond donors (Lipinski definition) is 0. The molecule has 3 heteroatoms. The summed E-state index contributed by atoms with van der Waals surface area (Å²) in [6.45, 7) is 6.66. The fourth-order valence-electron chi connectivity index (χ4n) is 5.46. The van der Waals surface area contributed by atoms with Crippen LogP contribution in [0.3, 0.4) is 0 Å². The van der Waals surface area contributed by atoms with Gasteiger partial charge in [-0.3, -0.25) is 4.79 Å². The van der Waals surface area contributed by atoms with Gasteiger partial charge < -0.3 is 4.74 Å². The summed E-state index contributed by atoms with van der Waals surface area (Å²) in [5, 5.41) is 9.58. The third kappa shape index (κ3) is 9.66. The molecule has 200 valence electrons. The Balaban J connectivity index is 1.42. The van der Waals surface area contributed by atoms with Crippen LogP contribution in [0.1, 0.15) is 126 Å². The Labute approximate surface area is 225 Å². The molecule has 0 unspecified atom stereocenters. The highest BCUT2D eigenvalue weighted by Gasteiger charge is 2.29. The van der Waals surface area contributed by atoms with Crippen LogP contribution < -0.4 is 4.74 Å². The van der Waals surface area contributed by atoms with E-state index in [9.17, 15) is 10.1 Å². The second-order valence-electron chi connectivity index (χ2n) is 11.5. The van der Waals surface area contributed by atoms with E-state index in [1.165, 1.54) is 62.5 Å². The minimum atomic E-state index is -0.185. The predicted octanol–water partition coefficient (Wildman–Crippen LogP) is 9.32. The zero-order valence-electron chi connectivity index (χ0n) is 23.4. The third-order valence-electron chi connectivity index (χ3n) is 7.97. The molecule has 0 aromatic heterocycles. The van der Waals surface area contributed by atoms with Gasteiger partial charge in [0.15, 0.2) is 0 Å². The number of ether oxygens (including phenoxy) is 1. The molecule has 1 aliphatic rings. The molecule has 0 amide bonds. The molecule has 0 N–H and O–H groups in total. The summed E-state index contributed by atoms with van der Waals surface area (Å²) in [6, 6.07) is 17.1. The van der Waals surface area contributed by atoms with Crippen LogP contribution in [0.5, 0.6) is 5.75 Å². The Morgan fingerprint density at radius 2 is 1.54 bits per heavy atom. The smallest absolute Gasteiger partial charge is 0.314 e. The molecule has 3 rings (SSSR count). The van der Waals surface area contributed by atoms with Crippen molar-refractivity contribution in [1.82, 2.24) is 0 Å². The molecule has 0 saturated heterocycles. The van der Waals surface area contributed by atoms with E-state index >= 15 is 0 Å². The number of benzene rings is 2. The van der Waals surface area contributed by atoms with E-state index in [1.807, 2.05) is 12.1 Å². The molecule has 37 heavy (non-hydrogen) atoms. The monoisotopic (exact) mass is 501 g/mol. The lowest BCUT2D eigenvalue weighted by molar-refractivity contribution is -0.140. The van der Waals surface area contributed by atoms with Gasteiger partial charge >= 0.3 is 5.97 Å². The first-order valence-electron chi connectivity index (χ1n) is 14.8. The van der Waals surface area contributed by atoms with Crippen molar-refractivity contribution in [2.45, 2.75) is 117 Å². The maximum atomic E-state index is 12.9. The van der Waals surface area contributed by atoms with Gasteiger partial charge in [0, 0.05) is 0 Å². The van der Waals surface area contributed by atoms with Crippen LogP contribution in [-0.2, 0) is 17.6 Å². The van der Waals surface area contributed by atoms with Gasteiger partial charge in [-0.05, 0) is 92.0 Å². The molecule has 1 saturated carbocycles. The van der Waals surface area contributed by atoms with E-state index < -0.39 is 0 Å². The van der Waals surface area contributed by atoms with E-state index in [0.717, 1.165) is 44.1 Å². The molecule has 2 aromatic carbocycles. The van der Waals surface area contributed by atoms with Gasteiger partial charge in [0.05, 0.1) is 11.5 Å². The second kappa shape index (κ2) is 15.6. The van der Waals surface area contributed by atoms with Gasteiger partial charge in [-0.2, -0.15) is 5.26 Å². The number of carbonyl (C=O) groups excluding carboxylic acids is 1. The van der Waals surface area contributed by atoms with Gasteiger partial charge in [0.1, 0.15) is 11.8 Å². The number of rotatable bonds is 14. The van der Waals surface area contributed by atoms with Crippen LogP contribution in [0, 0.1) is 23.2 Å². The normalized spacial score (nSPS) is 17.5. The Bertz CT molecular complexity index is 993. The predicted molar refractivity (Wildman–Crippen MR) is 153 cm³/mol. The number of carbonyl (C=O) groups is 1. The maximum absolute atomic E-state index is 12.9. The fraction of sp³-hybridized carbons (Fsp3) is 0.588. The van der Waals surface area contributed by atoms with E-state index in [1.54, 1.807) is 6.07 Å². The van der Waals surface area contributed by atoms with Crippen LogP contribution >= 0.6 is 0 Å². The van der Waals surface area contributed by atoms with Crippen molar-refractivity contribution in [1.29, 1.82) is 5.26 Å². The van der Waals surface area contributed by atoms with Gasteiger partial charge in [0.25, 0.3) is 0 Å². The van der Waals surface area contributed by atoms with Crippen LogP contribution in [0.25, 0.3) is 0 Å². The maximum Gasteiger partial charge on any atom is 0.314 e. The van der Waals surface area contributed by atoms with E-state index in [4.69, 9.17) is 4.74 Å². The zero-order chi connectivity index (χ0) is 26.5. The number of nitrogens with zero attached hydrogens (tertiary/aromatic N) is 1. The molecular formula is C34H47NO2. The van der Waals surface area contributed by atoms with Gasteiger partial charge in [-0.15, -0.1) is 0 Å². The lowest BCUT2D eigenvalue weighted by Crippen LogP contribution is -2.25. The average Bonchev–Trinajstić information content (AvgIpc) is 2.92. The largest absolute Gasteiger partial charge is 0.425 e. The van der Waals surface area contributed by atoms with Crippen molar-refractivity contribution in [3.8, 4) is 11.8 Å². The quantitative estimate of drug-likeness (QED) is 0.147. The highest BCUT2D eigenvalue weighted by molar-refractivity contribution is 5.76. The van der Waals surface area contributed by atoms with Crippen LogP contribution in [0.2, 0.25) is 0 Å². The molecular weight excluding hydrogens is 454 g/mol. The standard InChI is InChI=1S/C34H47NO2/c1-4-5-6-7-8-9-10-11-27-14-17-29(18-15-27)30-19-21-31(22-20-30)34(36)37-33-23-16-28(13-12-26(2)3)24-32(33)25-35/h14-18,23-24,26,30-31H,4-13,19-22H2,1-3H3. The Morgan fingerprint density at radius 3 is 2.19 bits per heavy atom. The number of esters is 1. The van der Waals surface area contributed by atoms with Crippen LogP contribution in [0.4, 0.5) is 0 Å². The summed E-state index contributed by atoms with van der Waals surface area (Å²) in [5.74, 6) is 1.27. The molecule has 0 spiro atoms. The van der Waals surface area contributed by atoms with E-state index in [2.05, 4.69) is 51.1 Å². The molecule has 0 heterocycles. The summed E-state index contributed by atoms with van der Waals surface area (Å²) < 4.78 is 5.73. The van der Waals surface area contributed by atoms with E-state index in [-0.39, 0.29) is 11.9 Å². The first-order valence-corrected chi connectivity index (χ1v) is 14.8. The van der Waals surface area contributed by atoms with Crippen LogP contribution in [0.15, 0.2) is 42.5 Å². The highest BCUT2D eigenvalue weighted by atomic mass is 16.5. The first kappa shape index (κ1) is 29.0. The third-order valence-corrected chi connectivity index (χ3v) is 7.97. The molecule has 0 atom stereocenters. The number of unbranched alkanes of at least 4 members (excludes halogenated alkanes) is 6. The number of nitriles is 1. The van der Waals surface area contributed by atoms with Crippen molar-refractivity contribution < 1.29 is 9.53 Å². The highest BCUT2D eigenvalue weighted by Crippen LogP contribution is 2.37. The molecule has 2 aromatic rings. The van der Waals surface area contributed by atoms with Crippen molar-refractivity contribution >= 4 is 5.97 Å². The van der Waals surface area contributed by atoms with Gasteiger partial charge in [-0.1, -0.05) is 89.6 Å². The molecule has 0 radical (unpaired) electrons. The van der Waals surface area contributed by atoms with Gasteiger partial charge in [0.2, 0.25) is 0 Å². The molecule has 0 bridgehead atoms. The number of hydrogen-bond acceptors (Lipinski definition) is 3. The van der Waals surface area contributed by atoms with Crippen molar-refractivity contribution in [3.05, 3.63) is 64.7 Å². The summed E-state index contributed by atoms with van der Waals surface area (Å²) in [4.78, 5) is 12.9. The van der Waals surface area contributed by atoms with Crippen molar-refractivity contribution in [2.75, 3.05) is 0 Å². The SMILES string of the molecule is CCCCCCCCCc1ccc(C2CCC(C(=O)Oc3ccc(CCC(C)C)cc3C#N)CC2)cc1. The zero-order valence-corrected chi connectivity index (χ0v) is 23.4. The average molecular weight is 502 g/mol. The topological polar surface area (TPSA) is 50.1 Å². The number of aryl methyl sites for hydroxylation is 2. The lowest BCUT2D eigenvalue weighted by atomic mass is 9.78. The molecule has 1 fully saturated rings. The lowest BCUT2D eigenvalue weighted by Gasteiger charge is -2.27. The van der Waals surface area contributed by atoms with Crippen molar-refractivity contribution in [2.24, 2.45) is 11.8 Å². The minimum absolute atomic E-state index is 0.0833. The summed E-state index contributed by atoms with van der Waals surface area (Å²) >= 11 is 0. The summed E-state index contributed by atoms with van der Waals surface area (Å²) in [5.41, 5.74) is 4.43. The minimum Gasteiger partial charge on any atom is -0.425 e. The summed E-state index contributed by atoms with van der Waals surface area (Å²) in [6.07, 6.45) is 16.3. The second-order valence-corrected chi connectivity index (χ2v) is 11.5. The molecule has 3 nitrogen and oxygen atoms in total. The molecule has 0 aliphatic heterocycles. The fourth-order valence-corrected chi connectivity index (χ4v) is 5.46. The van der Waals surface area contributed by atoms with Crippen LogP contribution in [-0.4, -0.2) is 5.97 Å².